The minimum absolute atomic E-state index is 0.227. The number of ether oxygens (including phenoxy) is 1. The maximum atomic E-state index is 5.91. The second kappa shape index (κ2) is 8.37. The molecule has 3 heterocycles. The monoisotopic (exact) mass is 379 g/mol. The lowest BCUT2D eigenvalue weighted by molar-refractivity contribution is 0.201. The van der Waals surface area contributed by atoms with E-state index >= 15 is 0 Å². The molecule has 0 bridgehead atoms. The number of pyridine rings is 2. The standard InChI is InChI=1S/C21H25N5O2/c1-14(2)20-25-21(28-26-20)16-9-10-22-18(11-16)23-12-15-7-8-19(24-13-15)27-17-5-3-4-6-17/h7-11,13-14,17H,3-6,12H2,1-2H3,(H,22,23). The van der Waals surface area contributed by atoms with Crippen molar-refractivity contribution in [3.8, 4) is 17.3 Å². The summed E-state index contributed by atoms with van der Waals surface area (Å²) in [5.41, 5.74) is 1.90. The average Bonchev–Trinajstić information content (AvgIpc) is 3.40. The van der Waals surface area contributed by atoms with Crippen LogP contribution in [0.25, 0.3) is 11.5 Å². The number of hydrogen-bond donors (Lipinski definition) is 1. The van der Waals surface area contributed by atoms with E-state index in [1.165, 1.54) is 12.8 Å². The molecule has 28 heavy (non-hydrogen) atoms. The van der Waals surface area contributed by atoms with Crippen LogP contribution in [0.2, 0.25) is 0 Å². The van der Waals surface area contributed by atoms with Gasteiger partial charge in [-0.1, -0.05) is 25.1 Å². The summed E-state index contributed by atoms with van der Waals surface area (Å²) in [4.78, 5) is 13.2. The van der Waals surface area contributed by atoms with Gasteiger partial charge in [0.15, 0.2) is 5.82 Å². The highest BCUT2D eigenvalue weighted by molar-refractivity contribution is 5.57. The van der Waals surface area contributed by atoms with Gasteiger partial charge in [0.25, 0.3) is 5.89 Å². The van der Waals surface area contributed by atoms with Crippen LogP contribution in [-0.4, -0.2) is 26.2 Å². The van der Waals surface area contributed by atoms with Crippen LogP contribution in [0.1, 0.15) is 56.8 Å². The third-order valence-electron chi connectivity index (χ3n) is 4.83. The van der Waals surface area contributed by atoms with Crippen LogP contribution in [-0.2, 0) is 6.54 Å². The summed E-state index contributed by atoms with van der Waals surface area (Å²) in [7, 11) is 0. The molecule has 3 aromatic rings. The Balaban J connectivity index is 1.36. The Morgan fingerprint density at radius 1 is 1.18 bits per heavy atom. The predicted octanol–water partition coefficient (Wildman–Crippen LogP) is 4.58. The van der Waals surface area contributed by atoms with Crippen molar-refractivity contribution >= 4 is 5.82 Å². The largest absolute Gasteiger partial charge is 0.474 e. The molecule has 0 aromatic carbocycles. The number of aromatic nitrogens is 4. The molecule has 7 nitrogen and oxygen atoms in total. The first-order valence-corrected chi connectivity index (χ1v) is 9.83. The summed E-state index contributed by atoms with van der Waals surface area (Å²) in [6.07, 6.45) is 8.66. The molecule has 3 aromatic heterocycles. The Morgan fingerprint density at radius 2 is 2.04 bits per heavy atom. The van der Waals surface area contributed by atoms with Gasteiger partial charge in [-0.25, -0.2) is 9.97 Å². The van der Waals surface area contributed by atoms with Crippen LogP contribution in [0.3, 0.4) is 0 Å². The molecule has 1 saturated carbocycles. The Labute approximate surface area is 164 Å². The molecule has 1 fully saturated rings. The van der Waals surface area contributed by atoms with Crippen molar-refractivity contribution in [3.63, 3.8) is 0 Å². The fourth-order valence-corrected chi connectivity index (χ4v) is 3.20. The number of nitrogens with one attached hydrogen (secondary N) is 1. The quantitative estimate of drug-likeness (QED) is 0.643. The van der Waals surface area contributed by atoms with Gasteiger partial charge in [0.2, 0.25) is 5.88 Å². The molecule has 0 radical (unpaired) electrons. The van der Waals surface area contributed by atoms with Crippen molar-refractivity contribution in [1.29, 1.82) is 0 Å². The third-order valence-corrected chi connectivity index (χ3v) is 4.83. The zero-order valence-corrected chi connectivity index (χ0v) is 16.3. The summed E-state index contributed by atoms with van der Waals surface area (Å²) in [6, 6.07) is 7.73. The van der Waals surface area contributed by atoms with Gasteiger partial charge in [-0.15, -0.1) is 0 Å². The Hall–Kier alpha value is -2.96. The van der Waals surface area contributed by atoms with Gasteiger partial charge in [0.05, 0.1) is 0 Å². The van der Waals surface area contributed by atoms with E-state index in [1.807, 2.05) is 44.3 Å². The van der Waals surface area contributed by atoms with Crippen molar-refractivity contribution in [2.75, 3.05) is 5.32 Å². The van der Waals surface area contributed by atoms with Crippen LogP contribution >= 0.6 is 0 Å². The molecular formula is C21H25N5O2. The van der Waals surface area contributed by atoms with E-state index < -0.39 is 0 Å². The lowest BCUT2D eigenvalue weighted by Gasteiger charge is -2.12. The van der Waals surface area contributed by atoms with Gasteiger partial charge in [-0.3, -0.25) is 0 Å². The highest BCUT2D eigenvalue weighted by Crippen LogP contribution is 2.24. The maximum Gasteiger partial charge on any atom is 0.258 e. The van der Waals surface area contributed by atoms with Crippen LogP contribution < -0.4 is 10.1 Å². The number of anilines is 1. The Morgan fingerprint density at radius 3 is 2.75 bits per heavy atom. The van der Waals surface area contributed by atoms with Crippen LogP contribution in [0.15, 0.2) is 41.2 Å². The lowest BCUT2D eigenvalue weighted by Crippen LogP contribution is -2.12. The molecule has 0 saturated heterocycles. The number of rotatable bonds is 7. The van der Waals surface area contributed by atoms with Crippen molar-refractivity contribution in [3.05, 3.63) is 48.0 Å². The fourth-order valence-electron chi connectivity index (χ4n) is 3.20. The molecule has 1 aliphatic carbocycles. The van der Waals surface area contributed by atoms with Crippen molar-refractivity contribution in [1.82, 2.24) is 20.1 Å². The van der Waals surface area contributed by atoms with Gasteiger partial charge in [-0.05, 0) is 43.4 Å². The molecule has 0 unspecified atom stereocenters. The zero-order chi connectivity index (χ0) is 19.3. The van der Waals surface area contributed by atoms with Crippen LogP contribution in [0, 0.1) is 0 Å². The molecule has 0 atom stereocenters. The minimum atomic E-state index is 0.227. The van der Waals surface area contributed by atoms with Crippen LogP contribution in [0.4, 0.5) is 5.82 Å². The van der Waals surface area contributed by atoms with E-state index in [2.05, 4.69) is 25.4 Å². The summed E-state index contributed by atoms with van der Waals surface area (Å²) in [6.45, 7) is 4.69. The molecule has 0 spiro atoms. The first-order chi connectivity index (χ1) is 13.7. The molecule has 1 aliphatic rings. The van der Waals surface area contributed by atoms with Gasteiger partial charge < -0.3 is 14.6 Å². The number of hydrogen-bond acceptors (Lipinski definition) is 7. The van der Waals surface area contributed by atoms with E-state index in [4.69, 9.17) is 9.26 Å². The molecule has 0 aliphatic heterocycles. The molecule has 1 N–H and O–H groups in total. The topological polar surface area (TPSA) is 86.0 Å². The SMILES string of the molecule is CC(C)c1noc(-c2ccnc(NCc3ccc(OC4CCCC4)nc3)c2)n1. The van der Waals surface area contributed by atoms with Crippen LogP contribution in [0.5, 0.6) is 5.88 Å². The summed E-state index contributed by atoms with van der Waals surface area (Å²) < 4.78 is 11.3. The molecule has 4 rings (SSSR count). The van der Waals surface area contributed by atoms with Crippen molar-refractivity contribution in [2.24, 2.45) is 0 Å². The smallest absolute Gasteiger partial charge is 0.258 e. The van der Waals surface area contributed by atoms with Gasteiger partial charge in [0, 0.05) is 36.5 Å². The first-order valence-electron chi connectivity index (χ1n) is 9.83. The lowest BCUT2D eigenvalue weighted by atomic mass is 10.2. The number of nitrogens with zero attached hydrogens (tertiary/aromatic N) is 4. The second-order valence-corrected chi connectivity index (χ2v) is 7.42. The van der Waals surface area contributed by atoms with E-state index in [0.717, 1.165) is 29.8 Å². The molecule has 0 amide bonds. The van der Waals surface area contributed by atoms with E-state index in [9.17, 15) is 0 Å². The average molecular weight is 379 g/mol. The third kappa shape index (κ3) is 4.47. The van der Waals surface area contributed by atoms with Gasteiger partial charge >= 0.3 is 0 Å². The highest BCUT2D eigenvalue weighted by Gasteiger charge is 2.17. The fraction of sp³-hybridized carbons (Fsp3) is 0.429. The molecule has 7 heteroatoms. The van der Waals surface area contributed by atoms with E-state index in [-0.39, 0.29) is 5.92 Å². The highest BCUT2D eigenvalue weighted by atomic mass is 16.5. The zero-order valence-electron chi connectivity index (χ0n) is 16.3. The summed E-state index contributed by atoms with van der Waals surface area (Å²) in [5.74, 6) is 2.88. The Kier molecular flexibility index (Phi) is 5.50. The maximum absolute atomic E-state index is 5.91. The van der Waals surface area contributed by atoms with Gasteiger partial charge in [-0.2, -0.15) is 4.98 Å². The van der Waals surface area contributed by atoms with Crippen molar-refractivity contribution < 1.29 is 9.26 Å². The second-order valence-electron chi connectivity index (χ2n) is 7.42. The summed E-state index contributed by atoms with van der Waals surface area (Å²) in [5, 5.41) is 7.32. The van der Waals surface area contributed by atoms with Crippen molar-refractivity contribution in [2.45, 2.75) is 58.1 Å². The normalized spacial score (nSPS) is 14.5. The minimum Gasteiger partial charge on any atom is -0.474 e. The Bertz CT molecular complexity index is 901. The van der Waals surface area contributed by atoms with E-state index in [0.29, 0.717) is 30.2 Å². The molecular weight excluding hydrogens is 354 g/mol. The predicted molar refractivity (Wildman–Crippen MR) is 106 cm³/mol. The summed E-state index contributed by atoms with van der Waals surface area (Å²) >= 11 is 0. The first kappa shape index (κ1) is 18.4. The molecule has 146 valence electrons. The van der Waals surface area contributed by atoms with Gasteiger partial charge in [0.1, 0.15) is 11.9 Å². The van der Waals surface area contributed by atoms with E-state index in [1.54, 1.807) is 6.20 Å².